The Hall–Kier alpha value is -2.48. The number of aryl methyl sites for hydroxylation is 1. The van der Waals surface area contributed by atoms with Crippen LogP contribution < -0.4 is 10.1 Å². The lowest BCUT2D eigenvalue weighted by atomic mass is 10.3. The van der Waals surface area contributed by atoms with Gasteiger partial charge < -0.3 is 9.47 Å². The molecule has 1 heterocycles. The number of rotatable bonds is 6. The van der Waals surface area contributed by atoms with Gasteiger partial charge in [-0.3, -0.25) is 10.1 Å². The lowest BCUT2D eigenvalue weighted by molar-refractivity contribution is -0.122. The number of amides is 1. The van der Waals surface area contributed by atoms with Gasteiger partial charge in [0.05, 0.1) is 12.3 Å². The molecule has 0 aliphatic rings. The molecular weight excluding hydrogens is 335 g/mol. The van der Waals surface area contributed by atoms with Crippen LogP contribution in [0, 0.1) is 12.7 Å². The van der Waals surface area contributed by atoms with Gasteiger partial charge in [-0.05, 0) is 45.0 Å². The van der Waals surface area contributed by atoms with Crippen LogP contribution in [0.4, 0.5) is 9.52 Å². The Morgan fingerprint density at radius 3 is 2.62 bits per heavy atom. The highest BCUT2D eigenvalue weighted by Gasteiger charge is 2.20. The van der Waals surface area contributed by atoms with Crippen molar-refractivity contribution in [1.82, 2.24) is 4.98 Å². The van der Waals surface area contributed by atoms with Crippen LogP contribution in [0.25, 0.3) is 0 Å². The SMILES string of the molecule is CCOC(=O)c1sc(NC(=O)C(C)Oc2ccc(F)cc2)nc1C. The van der Waals surface area contributed by atoms with E-state index in [2.05, 4.69) is 10.3 Å². The fourth-order valence-corrected chi connectivity index (χ4v) is 2.68. The number of benzene rings is 1. The molecule has 1 atom stereocenters. The summed E-state index contributed by atoms with van der Waals surface area (Å²) in [5, 5.41) is 2.88. The zero-order valence-electron chi connectivity index (χ0n) is 13.5. The van der Waals surface area contributed by atoms with E-state index in [0.29, 0.717) is 16.3 Å². The van der Waals surface area contributed by atoms with Gasteiger partial charge in [0, 0.05) is 0 Å². The number of carbonyl (C=O) groups is 2. The zero-order chi connectivity index (χ0) is 17.7. The van der Waals surface area contributed by atoms with Crippen LogP contribution in [0.5, 0.6) is 5.75 Å². The summed E-state index contributed by atoms with van der Waals surface area (Å²) in [6.07, 6.45) is -0.814. The summed E-state index contributed by atoms with van der Waals surface area (Å²) in [5.74, 6) is -0.905. The molecule has 2 rings (SSSR count). The lowest BCUT2D eigenvalue weighted by Gasteiger charge is -2.13. The minimum absolute atomic E-state index is 0.264. The number of esters is 1. The summed E-state index contributed by atoms with van der Waals surface area (Å²) >= 11 is 1.04. The van der Waals surface area contributed by atoms with E-state index in [0.717, 1.165) is 11.3 Å². The van der Waals surface area contributed by atoms with E-state index in [1.54, 1.807) is 20.8 Å². The fraction of sp³-hybridized carbons (Fsp3) is 0.312. The molecule has 1 aromatic carbocycles. The highest BCUT2D eigenvalue weighted by Crippen LogP contribution is 2.24. The van der Waals surface area contributed by atoms with Gasteiger partial charge >= 0.3 is 5.97 Å². The molecule has 0 aliphatic carbocycles. The first-order chi connectivity index (χ1) is 11.4. The van der Waals surface area contributed by atoms with Crippen molar-refractivity contribution in [3.8, 4) is 5.75 Å². The van der Waals surface area contributed by atoms with Crippen LogP contribution >= 0.6 is 11.3 Å². The van der Waals surface area contributed by atoms with Gasteiger partial charge in [-0.1, -0.05) is 11.3 Å². The lowest BCUT2D eigenvalue weighted by Crippen LogP contribution is -2.30. The third-order valence-electron chi connectivity index (χ3n) is 2.98. The summed E-state index contributed by atoms with van der Waals surface area (Å²) < 4.78 is 23.2. The van der Waals surface area contributed by atoms with Crippen molar-refractivity contribution in [3.05, 3.63) is 40.7 Å². The second kappa shape index (κ2) is 7.87. The van der Waals surface area contributed by atoms with E-state index in [-0.39, 0.29) is 17.6 Å². The Morgan fingerprint density at radius 1 is 1.33 bits per heavy atom. The summed E-state index contributed by atoms with van der Waals surface area (Å²) in [6.45, 7) is 5.20. The number of carbonyl (C=O) groups excluding carboxylic acids is 2. The Labute approximate surface area is 142 Å². The van der Waals surface area contributed by atoms with Crippen LogP contribution in [-0.2, 0) is 9.53 Å². The number of nitrogens with one attached hydrogen (secondary N) is 1. The Morgan fingerprint density at radius 2 is 2.00 bits per heavy atom. The van der Waals surface area contributed by atoms with Crippen molar-refractivity contribution >= 4 is 28.3 Å². The molecule has 1 aromatic heterocycles. The van der Waals surface area contributed by atoms with E-state index < -0.39 is 18.0 Å². The number of hydrogen-bond acceptors (Lipinski definition) is 6. The van der Waals surface area contributed by atoms with Gasteiger partial charge in [0.25, 0.3) is 5.91 Å². The standard InChI is InChI=1S/C16H17FN2O4S/c1-4-22-15(21)13-9(2)18-16(24-13)19-14(20)10(3)23-12-7-5-11(17)6-8-12/h5-8,10H,4H2,1-3H3,(H,18,19,20). The molecule has 0 saturated carbocycles. The number of anilines is 1. The highest BCUT2D eigenvalue weighted by molar-refractivity contribution is 7.17. The molecule has 8 heteroatoms. The maximum Gasteiger partial charge on any atom is 0.350 e. The van der Waals surface area contributed by atoms with E-state index in [9.17, 15) is 14.0 Å². The molecule has 0 spiro atoms. The van der Waals surface area contributed by atoms with Crippen molar-refractivity contribution in [2.45, 2.75) is 26.9 Å². The second-order valence-corrected chi connectivity index (χ2v) is 5.86. The largest absolute Gasteiger partial charge is 0.481 e. The van der Waals surface area contributed by atoms with Gasteiger partial charge in [-0.2, -0.15) is 0 Å². The molecule has 1 amide bonds. The molecule has 1 N–H and O–H groups in total. The highest BCUT2D eigenvalue weighted by atomic mass is 32.1. The first kappa shape index (κ1) is 17.9. The molecule has 6 nitrogen and oxygen atoms in total. The van der Waals surface area contributed by atoms with Crippen LogP contribution in [0.3, 0.4) is 0 Å². The first-order valence-corrected chi connectivity index (χ1v) is 8.10. The topological polar surface area (TPSA) is 77.5 Å². The maximum atomic E-state index is 12.9. The van der Waals surface area contributed by atoms with Crippen molar-refractivity contribution in [2.75, 3.05) is 11.9 Å². The second-order valence-electron chi connectivity index (χ2n) is 4.86. The number of aromatic nitrogens is 1. The number of thiazole rings is 1. The Kier molecular flexibility index (Phi) is 5.86. The molecule has 2 aromatic rings. The molecule has 0 saturated heterocycles. The third-order valence-corrected chi connectivity index (χ3v) is 4.04. The molecule has 0 bridgehead atoms. The monoisotopic (exact) mass is 352 g/mol. The smallest absolute Gasteiger partial charge is 0.350 e. The molecule has 1 unspecified atom stereocenters. The van der Waals surface area contributed by atoms with E-state index >= 15 is 0 Å². The van der Waals surface area contributed by atoms with E-state index in [1.807, 2.05) is 0 Å². The minimum atomic E-state index is -0.814. The third kappa shape index (κ3) is 4.51. The van der Waals surface area contributed by atoms with Crippen molar-refractivity contribution in [2.24, 2.45) is 0 Å². The quantitative estimate of drug-likeness (QED) is 0.808. The van der Waals surface area contributed by atoms with Gasteiger partial charge in [0.2, 0.25) is 0 Å². The number of nitrogens with zero attached hydrogens (tertiary/aromatic N) is 1. The van der Waals surface area contributed by atoms with Gasteiger partial charge in [0.1, 0.15) is 16.4 Å². The number of ether oxygens (including phenoxy) is 2. The number of halogens is 1. The number of hydrogen-bond donors (Lipinski definition) is 1. The fourth-order valence-electron chi connectivity index (χ4n) is 1.81. The normalized spacial score (nSPS) is 11.7. The predicted octanol–water partition coefficient (Wildman–Crippen LogP) is 3.17. The van der Waals surface area contributed by atoms with Gasteiger partial charge in [-0.25, -0.2) is 14.2 Å². The Balaban J connectivity index is 1.99. The van der Waals surface area contributed by atoms with Crippen LogP contribution in [0.2, 0.25) is 0 Å². The molecule has 128 valence electrons. The summed E-state index contributed by atoms with van der Waals surface area (Å²) in [4.78, 5) is 28.4. The Bertz CT molecular complexity index is 730. The van der Waals surface area contributed by atoms with E-state index in [4.69, 9.17) is 9.47 Å². The van der Waals surface area contributed by atoms with Gasteiger partial charge in [0.15, 0.2) is 11.2 Å². The molecular formula is C16H17FN2O4S. The van der Waals surface area contributed by atoms with Crippen molar-refractivity contribution in [3.63, 3.8) is 0 Å². The van der Waals surface area contributed by atoms with Gasteiger partial charge in [-0.15, -0.1) is 0 Å². The molecule has 0 aliphatic heterocycles. The summed E-state index contributed by atoms with van der Waals surface area (Å²) in [7, 11) is 0. The molecule has 0 radical (unpaired) electrons. The minimum Gasteiger partial charge on any atom is -0.481 e. The van der Waals surface area contributed by atoms with Crippen LogP contribution in [-0.4, -0.2) is 29.6 Å². The van der Waals surface area contributed by atoms with Crippen molar-refractivity contribution in [1.29, 1.82) is 0 Å². The molecule has 24 heavy (non-hydrogen) atoms. The first-order valence-electron chi connectivity index (χ1n) is 7.28. The van der Waals surface area contributed by atoms with Crippen LogP contribution in [0.1, 0.15) is 29.2 Å². The van der Waals surface area contributed by atoms with Crippen LogP contribution in [0.15, 0.2) is 24.3 Å². The van der Waals surface area contributed by atoms with Crippen molar-refractivity contribution < 1.29 is 23.5 Å². The zero-order valence-corrected chi connectivity index (χ0v) is 14.3. The van der Waals surface area contributed by atoms with E-state index in [1.165, 1.54) is 24.3 Å². The predicted molar refractivity (Wildman–Crippen MR) is 87.9 cm³/mol. The molecule has 0 fully saturated rings. The summed E-state index contributed by atoms with van der Waals surface area (Å²) in [5.41, 5.74) is 0.487. The average molecular weight is 352 g/mol. The summed E-state index contributed by atoms with van der Waals surface area (Å²) in [6, 6.07) is 5.36. The maximum absolute atomic E-state index is 12.9. The average Bonchev–Trinajstić information content (AvgIpc) is 2.90.